The van der Waals surface area contributed by atoms with Gasteiger partial charge in [-0.1, -0.05) is 13.8 Å². The first kappa shape index (κ1) is 13.9. The fraction of sp³-hybridized carbons (Fsp3) is 0.933. The Kier molecular flexibility index (Phi) is 4.66. The lowest BCUT2D eigenvalue weighted by molar-refractivity contribution is -0.122. The Morgan fingerprint density at radius 1 is 1.06 bits per heavy atom. The van der Waals surface area contributed by atoms with Crippen LogP contribution in [0.4, 0.5) is 0 Å². The molecule has 104 valence electrons. The van der Waals surface area contributed by atoms with Gasteiger partial charge < -0.3 is 10.6 Å². The molecule has 2 aliphatic rings. The van der Waals surface area contributed by atoms with E-state index in [-0.39, 0.29) is 11.9 Å². The average Bonchev–Trinajstić information content (AvgIpc) is 3.16. The molecule has 2 fully saturated rings. The molecule has 3 nitrogen and oxygen atoms in total. The van der Waals surface area contributed by atoms with E-state index in [0.717, 1.165) is 30.8 Å². The van der Waals surface area contributed by atoms with Crippen LogP contribution in [-0.2, 0) is 4.79 Å². The molecule has 1 unspecified atom stereocenters. The summed E-state index contributed by atoms with van der Waals surface area (Å²) in [6.45, 7) is 8.03. The van der Waals surface area contributed by atoms with Crippen molar-refractivity contribution in [2.24, 2.45) is 23.7 Å². The molecule has 2 N–H and O–H groups in total. The zero-order valence-corrected chi connectivity index (χ0v) is 12.0. The molecule has 0 aliphatic heterocycles. The smallest absolute Gasteiger partial charge is 0.236 e. The summed E-state index contributed by atoms with van der Waals surface area (Å²) >= 11 is 0. The fourth-order valence-electron chi connectivity index (χ4n) is 2.63. The second-order valence-electron chi connectivity index (χ2n) is 6.61. The SMILES string of the molecule is CC(C)CNC(=O)C(C)NCC(C1CC1)C1CC1. The highest BCUT2D eigenvalue weighted by atomic mass is 16.2. The molecule has 0 saturated heterocycles. The van der Waals surface area contributed by atoms with E-state index in [9.17, 15) is 4.79 Å². The third-order valence-electron chi connectivity index (χ3n) is 4.19. The van der Waals surface area contributed by atoms with Gasteiger partial charge in [-0.2, -0.15) is 0 Å². The monoisotopic (exact) mass is 252 g/mol. The van der Waals surface area contributed by atoms with Crippen molar-refractivity contribution < 1.29 is 4.79 Å². The molecular weight excluding hydrogens is 224 g/mol. The molecule has 0 radical (unpaired) electrons. The van der Waals surface area contributed by atoms with Crippen LogP contribution in [0.2, 0.25) is 0 Å². The molecule has 0 aromatic carbocycles. The number of nitrogens with one attached hydrogen (secondary N) is 2. The Morgan fingerprint density at radius 3 is 2.06 bits per heavy atom. The number of amides is 1. The minimum absolute atomic E-state index is 0.0521. The Bertz CT molecular complexity index is 270. The molecule has 2 aliphatic carbocycles. The molecule has 2 rings (SSSR count). The van der Waals surface area contributed by atoms with E-state index < -0.39 is 0 Å². The van der Waals surface area contributed by atoms with Gasteiger partial charge in [0.05, 0.1) is 6.04 Å². The van der Waals surface area contributed by atoms with Gasteiger partial charge in [-0.05, 0) is 62.8 Å². The van der Waals surface area contributed by atoms with Crippen molar-refractivity contribution in [3.8, 4) is 0 Å². The van der Waals surface area contributed by atoms with Crippen molar-refractivity contribution in [2.75, 3.05) is 13.1 Å². The van der Waals surface area contributed by atoms with Crippen LogP contribution < -0.4 is 10.6 Å². The van der Waals surface area contributed by atoms with Gasteiger partial charge in [0.2, 0.25) is 5.91 Å². The van der Waals surface area contributed by atoms with Crippen LogP contribution in [0.5, 0.6) is 0 Å². The summed E-state index contributed by atoms with van der Waals surface area (Å²) in [6, 6.07) is -0.0521. The van der Waals surface area contributed by atoms with E-state index in [2.05, 4.69) is 24.5 Å². The van der Waals surface area contributed by atoms with Crippen LogP contribution >= 0.6 is 0 Å². The normalized spacial score (nSPS) is 21.4. The molecule has 1 atom stereocenters. The maximum Gasteiger partial charge on any atom is 0.236 e. The standard InChI is InChI=1S/C15H28N2O/c1-10(2)8-17-15(18)11(3)16-9-14(12-4-5-12)13-6-7-13/h10-14,16H,4-9H2,1-3H3,(H,17,18). The lowest BCUT2D eigenvalue weighted by Gasteiger charge is -2.20. The minimum atomic E-state index is -0.0521. The Labute approximate surface area is 111 Å². The second kappa shape index (κ2) is 6.05. The van der Waals surface area contributed by atoms with Crippen molar-refractivity contribution in [2.45, 2.75) is 52.5 Å². The summed E-state index contributed by atoms with van der Waals surface area (Å²) in [6.07, 6.45) is 5.65. The molecule has 1 amide bonds. The Balaban J connectivity index is 1.66. The van der Waals surface area contributed by atoms with Crippen molar-refractivity contribution in [3.63, 3.8) is 0 Å². The summed E-state index contributed by atoms with van der Waals surface area (Å²) in [7, 11) is 0. The average molecular weight is 252 g/mol. The van der Waals surface area contributed by atoms with E-state index in [1.165, 1.54) is 25.7 Å². The summed E-state index contributed by atoms with van der Waals surface area (Å²) in [5.74, 6) is 3.41. The van der Waals surface area contributed by atoms with Crippen LogP contribution in [0.3, 0.4) is 0 Å². The van der Waals surface area contributed by atoms with E-state index >= 15 is 0 Å². The van der Waals surface area contributed by atoms with Gasteiger partial charge in [0.15, 0.2) is 0 Å². The van der Waals surface area contributed by atoms with E-state index in [1.807, 2.05) is 6.92 Å². The zero-order chi connectivity index (χ0) is 13.1. The highest BCUT2D eigenvalue weighted by Crippen LogP contribution is 2.48. The molecule has 18 heavy (non-hydrogen) atoms. The summed E-state index contributed by atoms with van der Waals surface area (Å²) in [5.41, 5.74) is 0. The summed E-state index contributed by atoms with van der Waals surface area (Å²) < 4.78 is 0. The van der Waals surface area contributed by atoms with Gasteiger partial charge >= 0.3 is 0 Å². The third-order valence-corrected chi connectivity index (χ3v) is 4.19. The minimum Gasteiger partial charge on any atom is -0.354 e. The highest BCUT2D eigenvalue weighted by Gasteiger charge is 2.41. The lowest BCUT2D eigenvalue weighted by atomic mass is 9.97. The van der Waals surface area contributed by atoms with E-state index in [0.29, 0.717) is 5.92 Å². The predicted octanol–water partition coefficient (Wildman–Crippen LogP) is 2.17. The van der Waals surface area contributed by atoms with Gasteiger partial charge in [0.25, 0.3) is 0 Å². The maximum absolute atomic E-state index is 11.9. The van der Waals surface area contributed by atoms with Gasteiger partial charge in [0.1, 0.15) is 0 Å². The highest BCUT2D eigenvalue weighted by molar-refractivity contribution is 5.81. The third kappa shape index (κ3) is 4.27. The molecule has 0 aromatic rings. The van der Waals surface area contributed by atoms with Crippen molar-refractivity contribution >= 4 is 5.91 Å². The molecule has 0 bridgehead atoms. The van der Waals surface area contributed by atoms with Crippen LogP contribution in [0, 0.1) is 23.7 Å². The molecule has 3 heteroatoms. The first-order valence-electron chi connectivity index (χ1n) is 7.59. The van der Waals surface area contributed by atoms with Crippen LogP contribution in [0.15, 0.2) is 0 Å². The van der Waals surface area contributed by atoms with Gasteiger partial charge in [-0.15, -0.1) is 0 Å². The molecule has 0 heterocycles. The number of rotatable bonds is 8. The summed E-state index contributed by atoms with van der Waals surface area (Å²) in [5, 5.41) is 6.43. The molecule has 0 aromatic heterocycles. The number of hydrogen-bond acceptors (Lipinski definition) is 2. The Morgan fingerprint density at radius 2 is 1.61 bits per heavy atom. The summed E-state index contributed by atoms with van der Waals surface area (Å²) in [4.78, 5) is 11.9. The number of carbonyl (C=O) groups is 1. The maximum atomic E-state index is 11.9. The van der Waals surface area contributed by atoms with Crippen molar-refractivity contribution in [1.82, 2.24) is 10.6 Å². The van der Waals surface area contributed by atoms with Gasteiger partial charge in [-0.3, -0.25) is 4.79 Å². The Hall–Kier alpha value is -0.570. The van der Waals surface area contributed by atoms with Crippen molar-refractivity contribution in [1.29, 1.82) is 0 Å². The zero-order valence-electron chi connectivity index (χ0n) is 12.0. The second-order valence-corrected chi connectivity index (χ2v) is 6.61. The molecule has 0 spiro atoms. The quantitative estimate of drug-likeness (QED) is 0.695. The number of hydrogen-bond donors (Lipinski definition) is 2. The first-order valence-corrected chi connectivity index (χ1v) is 7.59. The fourth-order valence-corrected chi connectivity index (χ4v) is 2.63. The molecular formula is C15H28N2O. The lowest BCUT2D eigenvalue weighted by Crippen LogP contribution is -2.45. The topological polar surface area (TPSA) is 41.1 Å². The van der Waals surface area contributed by atoms with Crippen molar-refractivity contribution in [3.05, 3.63) is 0 Å². The van der Waals surface area contributed by atoms with Crippen LogP contribution in [0.1, 0.15) is 46.5 Å². The largest absolute Gasteiger partial charge is 0.354 e. The predicted molar refractivity (Wildman–Crippen MR) is 74.3 cm³/mol. The van der Waals surface area contributed by atoms with E-state index in [1.54, 1.807) is 0 Å². The number of carbonyl (C=O) groups excluding carboxylic acids is 1. The first-order chi connectivity index (χ1) is 8.58. The van der Waals surface area contributed by atoms with E-state index in [4.69, 9.17) is 0 Å². The van der Waals surface area contributed by atoms with Gasteiger partial charge in [-0.25, -0.2) is 0 Å². The van der Waals surface area contributed by atoms with Crippen LogP contribution in [0.25, 0.3) is 0 Å². The van der Waals surface area contributed by atoms with Gasteiger partial charge in [0, 0.05) is 6.54 Å². The van der Waals surface area contributed by atoms with Crippen LogP contribution in [-0.4, -0.2) is 25.0 Å². The molecule has 2 saturated carbocycles.